The van der Waals surface area contributed by atoms with Gasteiger partial charge in [-0.2, -0.15) is 0 Å². The third-order valence-corrected chi connectivity index (χ3v) is 6.95. The number of hydrogen-bond donors (Lipinski definition) is 0. The van der Waals surface area contributed by atoms with Crippen LogP contribution in [0.1, 0.15) is 27.9 Å². The smallest absolute Gasteiger partial charge is 0.262 e. The van der Waals surface area contributed by atoms with Crippen molar-refractivity contribution in [3.05, 3.63) is 43.6 Å². The van der Waals surface area contributed by atoms with E-state index in [0.29, 0.717) is 25.9 Å². The maximum atomic E-state index is 13.2. The van der Waals surface area contributed by atoms with Gasteiger partial charge in [-0.05, 0) is 64.2 Å². The molecule has 152 valence electrons. The molecule has 0 spiro atoms. The van der Waals surface area contributed by atoms with Crippen molar-refractivity contribution in [2.45, 2.75) is 20.3 Å². The van der Waals surface area contributed by atoms with Crippen molar-refractivity contribution in [3.8, 4) is 0 Å². The van der Waals surface area contributed by atoms with Crippen LogP contribution < -0.4 is 4.90 Å². The van der Waals surface area contributed by atoms with E-state index in [1.165, 1.54) is 28.2 Å². The lowest BCUT2D eigenvalue weighted by molar-refractivity contribution is 0.0986. The Kier molecular flexibility index (Phi) is 8.14. The van der Waals surface area contributed by atoms with E-state index in [1.54, 1.807) is 11.0 Å². The fourth-order valence-corrected chi connectivity index (χ4v) is 5.29. The molecule has 0 unspecified atom stereocenters. The number of rotatable bonds is 6. The Hall–Kier alpha value is -0.890. The van der Waals surface area contributed by atoms with Gasteiger partial charge >= 0.3 is 0 Å². The van der Waals surface area contributed by atoms with Crippen LogP contribution in [0.2, 0.25) is 8.67 Å². The first-order valence-electron chi connectivity index (χ1n) is 8.56. The number of aryl methyl sites for hydroxylation is 2. The van der Waals surface area contributed by atoms with Gasteiger partial charge in [-0.15, -0.1) is 23.7 Å². The lowest BCUT2D eigenvalue weighted by Crippen LogP contribution is -2.33. The first-order chi connectivity index (χ1) is 12.8. The van der Waals surface area contributed by atoms with Gasteiger partial charge in [-0.1, -0.05) is 40.6 Å². The summed E-state index contributed by atoms with van der Waals surface area (Å²) in [6.45, 7) is 5.58. The molecule has 0 radical (unpaired) electrons. The minimum atomic E-state index is -0.157. The third kappa shape index (κ3) is 4.99. The third-order valence-electron chi connectivity index (χ3n) is 4.42. The maximum Gasteiger partial charge on any atom is 0.262 e. The topological polar surface area (TPSA) is 36.4 Å². The molecule has 0 aliphatic rings. The molecule has 0 fully saturated rings. The number of amides is 1. The number of thiophene rings is 1. The Morgan fingerprint density at radius 2 is 1.86 bits per heavy atom. The van der Waals surface area contributed by atoms with Crippen molar-refractivity contribution in [2.24, 2.45) is 0 Å². The molecule has 0 aliphatic heterocycles. The standard InChI is InChI=1S/C19H21Cl2N3OS2.ClH/c1-11-6-7-14-16(12(11)2)22-19(26-14)24(9-5-8-23(3)4)18(25)13-10-15(20)27-17(13)21;/h6-7,10H,5,8-9H2,1-4H3;1H. The summed E-state index contributed by atoms with van der Waals surface area (Å²) in [5, 5.41) is 0.695. The van der Waals surface area contributed by atoms with Crippen LogP contribution in [0.15, 0.2) is 18.2 Å². The van der Waals surface area contributed by atoms with E-state index in [-0.39, 0.29) is 18.3 Å². The van der Waals surface area contributed by atoms with Crippen molar-refractivity contribution < 1.29 is 4.79 Å². The number of fused-ring (bicyclic) bond motifs is 1. The Bertz CT molecular complexity index is 984. The van der Waals surface area contributed by atoms with E-state index in [0.717, 1.165) is 28.7 Å². The van der Waals surface area contributed by atoms with Crippen LogP contribution in [-0.2, 0) is 0 Å². The van der Waals surface area contributed by atoms with Gasteiger partial charge in [-0.25, -0.2) is 4.98 Å². The van der Waals surface area contributed by atoms with Gasteiger partial charge in [-0.3, -0.25) is 9.69 Å². The summed E-state index contributed by atoms with van der Waals surface area (Å²) in [6, 6.07) is 5.79. The minimum absolute atomic E-state index is 0. The number of carbonyl (C=O) groups excluding carboxylic acids is 1. The molecule has 0 aliphatic carbocycles. The number of nitrogens with zero attached hydrogens (tertiary/aromatic N) is 3. The molecule has 2 aromatic heterocycles. The molecule has 2 heterocycles. The number of carbonyl (C=O) groups is 1. The van der Waals surface area contributed by atoms with Crippen LogP contribution in [0.4, 0.5) is 5.13 Å². The highest BCUT2D eigenvalue weighted by atomic mass is 35.5. The minimum Gasteiger partial charge on any atom is -0.309 e. The molecule has 1 aromatic carbocycles. The molecule has 4 nitrogen and oxygen atoms in total. The number of hydrogen-bond acceptors (Lipinski definition) is 5. The lowest BCUT2D eigenvalue weighted by Gasteiger charge is -2.20. The first kappa shape index (κ1) is 23.4. The van der Waals surface area contributed by atoms with Crippen LogP contribution in [0.25, 0.3) is 10.2 Å². The zero-order valence-electron chi connectivity index (χ0n) is 16.1. The second kappa shape index (κ2) is 9.74. The number of benzene rings is 1. The molecular weight excluding hydrogens is 457 g/mol. The highest BCUT2D eigenvalue weighted by molar-refractivity contribution is 7.22. The highest BCUT2D eigenvalue weighted by Gasteiger charge is 2.25. The Morgan fingerprint density at radius 3 is 2.46 bits per heavy atom. The predicted octanol–water partition coefficient (Wildman–Crippen LogP) is 6.30. The van der Waals surface area contributed by atoms with Gasteiger partial charge in [0, 0.05) is 6.54 Å². The largest absolute Gasteiger partial charge is 0.309 e. The first-order valence-corrected chi connectivity index (χ1v) is 10.9. The molecule has 0 saturated heterocycles. The van der Waals surface area contributed by atoms with Crippen LogP contribution in [0, 0.1) is 13.8 Å². The molecule has 3 aromatic rings. The van der Waals surface area contributed by atoms with Crippen LogP contribution >= 0.6 is 58.3 Å². The maximum absolute atomic E-state index is 13.2. The monoisotopic (exact) mass is 477 g/mol. The average molecular weight is 479 g/mol. The summed E-state index contributed by atoms with van der Waals surface area (Å²) >= 11 is 15.0. The van der Waals surface area contributed by atoms with Gasteiger partial charge in [0.15, 0.2) is 5.13 Å². The van der Waals surface area contributed by atoms with Gasteiger partial charge < -0.3 is 4.90 Å². The zero-order chi connectivity index (χ0) is 19.7. The molecule has 1 amide bonds. The molecule has 0 saturated carbocycles. The number of halogens is 3. The normalized spacial score (nSPS) is 11.1. The molecule has 28 heavy (non-hydrogen) atoms. The number of aromatic nitrogens is 1. The van der Waals surface area contributed by atoms with E-state index in [9.17, 15) is 4.79 Å². The molecule has 3 rings (SSSR count). The van der Waals surface area contributed by atoms with Crippen LogP contribution in [-0.4, -0.2) is 43.0 Å². The molecule has 9 heteroatoms. The quantitative estimate of drug-likeness (QED) is 0.417. The second-order valence-corrected chi connectivity index (χ2v) is 10.00. The number of thiazole rings is 1. The lowest BCUT2D eigenvalue weighted by atomic mass is 10.1. The van der Waals surface area contributed by atoms with Crippen molar-refractivity contribution >= 4 is 79.5 Å². The Morgan fingerprint density at radius 1 is 1.14 bits per heavy atom. The van der Waals surface area contributed by atoms with Crippen molar-refractivity contribution in [1.29, 1.82) is 0 Å². The predicted molar refractivity (Wildman–Crippen MR) is 126 cm³/mol. The van der Waals surface area contributed by atoms with Gasteiger partial charge in [0.05, 0.1) is 20.1 Å². The SMILES string of the molecule is Cc1ccc2sc(N(CCCN(C)C)C(=O)c3cc(Cl)sc3Cl)nc2c1C.Cl. The van der Waals surface area contributed by atoms with Gasteiger partial charge in [0.25, 0.3) is 5.91 Å². The summed E-state index contributed by atoms with van der Waals surface area (Å²) in [7, 11) is 4.04. The molecule has 0 N–H and O–H groups in total. The van der Waals surface area contributed by atoms with E-state index in [4.69, 9.17) is 28.2 Å². The summed E-state index contributed by atoms with van der Waals surface area (Å²) in [6.07, 6.45) is 0.835. The van der Waals surface area contributed by atoms with Crippen molar-refractivity contribution in [2.75, 3.05) is 32.1 Å². The van der Waals surface area contributed by atoms with E-state index >= 15 is 0 Å². The van der Waals surface area contributed by atoms with E-state index in [1.807, 2.05) is 14.1 Å². The van der Waals surface area contributed by atoms with Gasteiger partial charge in [0.1, 0.15) is 4.34 Å². The molecule has 0 bridgehead atoms. The van der Waals surface area contributed by atoms with Crippen LogP contribution in [0.3, 0.4) is 0 Å². The highest BCUT2D eigenvalue weighted by Crippen LogP contribution is 2.36. The summed E-state index contributed by atoms with van der Waals surface area (Å²) < 4.78 is 2.00. The van der Waals surface area contributed by atoms with Gasteiger partial charge in [0.2, 0.25) is 0 Å². The Labute approximate surface area is 189 Å². The summed E-state index contributed by atoms with van der Waals surface area (Å²) in [5.74, 6) is -0.157. The summed E-state index contributed by atoms with van der Waals surface area (Å²) in [4.78, 5) is 21.8. The molecule has 0 atom stereocenters. The Balaban J connectivity index is 0.00000280. The molecular formula is C19H22Cl3N3OS2. The fourth-order valence-electron chi connectivity index (χ4n) is 2.79. The zero-order valence-corrected chi connectivity index (χ0v) is 20.0. The average Bonchev–Trinajstić information content (AvgIpc) is 3.17. The van der Waals surface area contributed by atoms with Crippen molar-refractivity contribution in [3.63, 3.8) is 0 Å². The van der Waals surface area contributed by atoms with Crippen LogP contribution in [0.5, 0.6) is 0 Å². The van der Waals surface area contributed by atoms with E-state index in [2.05, 4.69) is 30.9 Å². The van der Waals surface area contributed by atoms with E-state index < -0.39 is 0 Å². The fraction of sp³-hybridized carbons (Fsp3) is 0.368. The summed E-state index contributed by atoms with van der Waals surface area (Å²) in [5.41, 5.74) is 3.73. The van der Waals surface area contributed by atoms with Crippen molar-refractivity contribution in [1.82, 2.24) is 9.88 Å². The second-order valence-electron chi connectivity index (χ2n) is 6.70. The number of anilines is 1.